The van der Waals surface area contributed by atoms with Gasteiger partial charge < -0.3 is 0 Å². The van der Waals surface area contributed by atoms with Gasteiger partial charge in [0.05, 0.1) is 18.5 Å². The Balaban J connectivity index is 2.35. The van der Waals surface area contributed by atoms with E-state index in [0.717, 1.165) is 27.7 Å². The minimum atomic E-state index is -0.148. The SMILES string of the molecule is CCONC(=O)Cc1c(C)nc2ccccc2c1C. The van der Waals surface area contributed by atoms with Crippen molar-refractivity contribution in [2.45, 2.75) is 27.2 Å². The Morgan fingerprint density at radius 1 is 1.32 bits per heavy atom. The van der Waals surface area contributed by atoms with Crippen molar-refractivity contribution in [3.05, 3.63) is 41.1 Å². The van der Waals surface area contributed by atoms with E-state index in [1.54, 1.807) is 0 Å². The molecule has 0 unspecified atom stereocenters. The van der Waals surface area contributed by atoms with Crippen LogP contribution in [0.5, 0.6) is 0 Å². The molecule has 2 rings (SSSR count). The first-order valence-electron chi connectivity index (χ1n) is 6.39. The van der Waals surface area contributed by atoms with E-state index >= 15 is 0 Å². The minimum absolute atomic E-state index is 0.148. The van der Waals surface area contributed by atoms with E-state index in [4.69, 9.17) is 4.84 Å². The van der Waals surface area contributed by atoms with Crippen LogP contribution in [-0.4, -0.2) is 17.5 Å². The van der Waals surface area contributed by atoms with Crippen LogP contribution in [0.3, 0.4) is 0 Å². The van der Waals surface area contributed by atoms with Crippen LogP contribution in [0.4, 0.5) is 0 Å². The molecular weight excluding hydrogens is 240 g/mol. The van der Waals surface area contributed by atoms with Gasteiger partial charge in [0, 0.05) is 11.1 Å². The average molecular weight is 258 g/mol. The molecule has 0 aliphatic rings. The number of carbonyl (C=O) groups is 1. The van der Waals surface area contributed by atoms with Gasteiger partial charge in [-0.15, -0.1) is 0 Å². The fraction of sp³-hybridized carbons (Fsp3) is 0.333. The average Bonchev–Trinajstić information content (AvgIpc) is 2.41. The van der Waals surface area contributed by atoms with E-state index < -0.39 is 0 Å². The molecule has 0 aliphatic heterocycles. The molecule has 100 valence electrons. The number of pyridine rings is 1. The molecule has 0 atom stereocenters. The van der Waals surface area contributed by atoms with Crippen molar-refractivity contribution in [3.8, 4) is 0 Å². The van der Waals surface area contributed by atoms with E-state index in [2.05, 4.69) is 10.5 Å². The smallest absolute Gasteiger partial charge is 0.248 e. The normalized spacial score (nSPS) is 10.7. The van der Waals surface area contributed by atoms with Crippen molar-refractivity contribution in [3.63, 3.8) is 0 Å². The maximum absolute atomic E-state index is 11.7. The third kappa shape index (κ3) is 2.90. The van der Waals surface area contributed by atoms with Gasteiger partial charge in [0.2, 0.25) is 5.91 Å². The van der Waals surface area contributed by atoms with Crippen LogP contribution in [0.2, 0.25) is 0 Å². The minimum Gasteiger partial charge on any atom is -0.274 e. The summed E-state index contributed by atoms with van der Waals surface area (Å²) in [6, 6.07) is 7.96. The molecule has 2 aromatic rings. The highest BCUT2D eigenvalue weighted by Gasteiger charge is 2.12. The Hall–Kier alpha value is -1.94. The predicted octanol–water partition coefficient (Wildman–Crippen LogP) is 2.46. The third-order valence-electron chi connectivity index (χ3n) is 3.15. The van der Waals surface area contributed by atoms with Crippen molar-refractivity contribution in [1.29, 1.82) is 0 Å². The molecule has 0 radical (unpaired) electrons. The summed E-state index contributed by atoms with van der Waals surface area (Å²) < 4.78 is 0. The largest absolute Gasteiger partial charge is 0.274 e. The monoisotopic (exact) mass is 258 g/mol. The summed E-state index contributed by atoms with van der Waals surface area (Å²) in [4.78, 5) is 21.2. The lowest BCUT2D eigenvalue weighted by atomic mass is 9.99. The summed E-state index contributed by atoms with van der Waals surface area (Å²) in [7, 11) is 0. The molecule has 1 aromatic heterocycles. The van der Waals surface area contributed by atoms with Crippen LogP contribution in [0.25, 0.3) is 10.9 Å². The number of hydrogen-bond acceptors (Lipinski definition) is 3. The van der Waals surface area contributed by atoms with E-state index in [9.17, 15) is 4.79 Å². The van der Waals surface area contributed by atoms with Gasteiger partial charge in [-0.2, -0.15) is 0 Å². The summed E-state index contributed by atoms with van der Waals surface area (Å²) >= 11 is 0. The standard InChI is InChI=1S/C15H18N2O2/c1-4-19-17-15(18)9-13-10(2)12-7-5-6-8-14(12)16-11(13)3/h5-8H,4,9H2,1-3H3,(H,17,18). The molecule has 0 bridgehead atoms. The Labute approximate surface area is 112 Å². The molecular formula is C15H18N2O2. The Kier molecular flexibility index (Phi) is 4.12. The van der Waals surface area contributed by atoms with Crippen molar-refractivity contribution in [1.82, 2.24) is 10.5 Å². The number of nitrogens with zero attached hydrogens (tertiary/aromatic N) is 1. The zero-order valence-electron chi connectivity index (χ0n) is 11.5. The highest BCUT2D eigenvalue weighted by Crippen LogP contribution is 2.22. The number of fused-ring (bicyclic) bond motifs is 1. The van der Waals surface area contributed by atoms with Gasteiger partial charge in [-0.3, -0.25) is 14.6 Å². The molecule has 1 N–H and O–H groups in total. The number of hydrogen-bond donors (Lipinski definition) is 1. The third-order valence-corrected chi connectivity index (χ3v) is 3.15. The van der Waals surface area contributed by atoms with Crippen LogP contribution >= 0.6 is 0 Å². The van der Waals surface area contributed by atoms with Crippen molar-refractivity contribution < 1.29 is 9.63 Å². The van der Waals surface area contributed by atoms with Crippen LogP contribution in [0, 0.1) is 13.8 Å². The summed E-state index contributed by atoms with van der Waals surface area (Å²) in [5, 5.41) is 1.09. The Morgan fingerprint density at radius 2 is 2.05 bits per heavy atom. The zero-order chi connectivity index (χ0) is 13.8. The number of para-hydroxylation sites is 1. The lowest BCUT2D eigenvalue weighted by Gasteiger charge is -2.12. The van der Waals surface area contributed by atoms with Crippen LogP contribution in [-0.2, 0) is 16.1 Å². The van der Waals surface area contributed by atoms with Crippen molar-refractivity contribution >= 4 is 16.8 Å². The lowest BCUT2D eigenvalue weighted by molar-refractivity contribution is -0.132. The highest BCUT2D eigenvalue weighted by atomic mass is 16.6. The molecule has 0 saturated heterocycles. The van der Waals surface area contributed by atoms with E-state index in [-0.39, 0.29) is 12.3 Å². The Morgan fingerprint density at radius 3 is 2.79 bits per heavy atom. The van der Waals surface area contributed by atoms with Crippen LogP contribution < -0.4 is 5.48 Å². The first-order chi connectivity index (χ1) is 9.13. The van der Waals surface area contributed by atoms with Gasteiger partial charge in [0.25, 0.3) is 0 Å². The number of amides is 1. The van der Waals surface area contributed by atoms with Crippen molar-refractivity contribution in [2.24, 2.45) is 0 Å². The predicted molar refractivity (Wildman–Crippen MR) is 74.7 cm³/mol. The molecule has 1 amide bonds. The van der Waals surface area contributed by atoms with Gasteiger partial charge >= 0.3 is 0 Å². The topological polar surface area (TPSA) is 51.2 Å². The van der Waals surface area contributed by atoms with Gasteiger partial charge in [0.15, 0.2) is 0 Å². The molecule has 0 aliphatic carbocycles. The second-order valence-electron chi connectivity index (χ2n) is 4.45. The maximum atomic E-state index is 11.7. The summed E-state index contributed by atoms with van der Waals surface area (Å²) in [5.74, 6) is -0.148. The van der Waals surface area contributed by atoms with Crippen molar-refractivity contribution in [2.75, 3.05) is 6.61 Å². The number of benzene rings is 1. The zero-order valence-corrected chi connectivity index (χ0v) is 11.5. The fourth-order valence-electron chi connectivity index (χ4n) is 2.18. The number of aryl methyl sites for hydroxylation is 2. The molecule has 1 heterocycles. The first-order valence-corrected chi connectivity index (χ1v) is 6.39. The van der Waals surface area contributed by atoms with Crippen LogP contribution in [0.1, 0.15) is 23.7 Å². The number of rotatable bonds is 4. The number of nitrogens with one attached hydrogen (secondary N) is 1. The van der Waals surface area contributed by atoms with E-state index in [0.29, 0.717) is 6.61 Å². The fourth-order valence-corrected chi connectivity index (χ4v) is 2.18. The Bertz CT molecular complexity index is 608. The van der Waals surface area contributed by atoms with E-state index in [1.165, 1.54) is 0 Å². The molecule has 0 saturated carbocycles. The number of hydroxylamine groups is 1. The second kappa shape index (κ2) is 5.80. The summed E-state index contributed by atoms with van der Waals surface area (Å²) in [6.45, 7) is 6.25. The van der Waals surface area contributed by atoms with Gasteiger partial charge in [-0.1, -0.05) is 18.2 Å². The first kappa shape index (κ1) is 13.5. The molecule has 4 heteroatoms. The van der Waals surface area contributed by atoms with E-state index in [1.807, 2.05) is 45.0 Å². The number of carbonyl (C=O) groups excluding carboxylic acids is 1. The number of aromatic nitrogens is 1. The molecule has 19 heavy (non-hydrogen) atoms. The lowest BCUT2D eigenvalue weighted by Crippen LogP contribution is -2.26. The molecule has 1 aromatic carbocycles. The van der Waals surface area contributed by atoms with Gasteiger partial charge in [-0.05, 0) is 38.0 Å². The van der Waals surface area contributed by atoms with Crippen LogP contribution in [0.15, 0.2) is 24.3 Å². The quantitative estimate of drug-likeness (QED) is 0.857. The summed E-state index contributed by atoms with van der Waals surface area (Å²) in [6.07, 6.45) is 0.287. The molecule has 0 fully saturated rings. The summed E-state index contributed by atoms with van der Waals surface area (Å²) in [5.41, 5.74) is 6.35. The molecule has 4 nitrogen and oxygen atoms in total. The second-order valence-corrected chi connectivity index (χ2v) is 4.45. The highest BCUT2D eigenvalue weighted by molar-refractivity contribution is 5.86. The molecule has 0 spiro atoms. The van der Waals surface area contributed by atoms with Gasteiger partial charge in [-0.25, -0.2) is 5.48 Å². The van der Waals surface area contributed by atoms with Gasteiger partial charge in [0.1, 0.15) is 0 Å². The maximum Gasteiger partial charge on any atom is 0.248 e.